The van der Waals surface area contributed by atoms with Crippen LogP contribution >= 0.6 is 0 Å². The number of nitrogens with two attached hydrogens (primary N) is 1. The quantitative estimate of drug-likeness (QED) is 0.800. The molecule has 3 N–H and O–H groups in total. The second kappa shape index (κ2) is 8.24. The minimum Gasteiger partial charge on any atom is -0.494 e. The largest absolute Gasteiger partial charge is 0.494 e. The van der Waals surface area contributed by atoms with Crippen LogP contribution in [0.25, 0.3) is 0 Å². The van der Waals surface area contributed by atoms with E-state index in [2.05, 4.69) is 5.32 Å². The SMILES string of the molecule is COc1cc(OC)c(OC)cc1NC(=O)CC1(CN)CCCCC1. The molecule has 0 heterocycles. The van der Waals surface area contributed by atoms with Crippen LogP contribution in [0.5, 0.6) is 17.2 Å². The van der Waals surface area contributed by atoms with E-state index in [0.717, 1.165) is 25.7 Å². The molecule has 1 aromatic rings. The van der Waals surface area contributed by atoms with Crippen LogP contribution in [0.15, 0.2) is 12.1 Å². The third-order valence-electron chi connectivity index (χ3n) is 4.86. The number of nitrogens with one attached hydrogen (secondary N) is 1. The zero-order chi connectivity index (χ0) is 17.6. The minimum absolute atomic E-state index is 0.0483. The standard InChI is InChI=1S/C18H28N2O4/c1-22-14-10-16(24-3)15(23-2)9-13(14)20-17(21)11-18(12-19)7-5-4-6-8-18/h9-10H,4-8,11-12,19H2,1-3H3,(H,20,21). The number of carbonyl (C=O) groups is 1. The van der Waals surface area contributed by atoms with Gasteiger partial charge in [0.25, 0.3) is 0 Å². The molecule has 0 aliphatic heterocycles. The van der Waals surface area contributed by atoms with Crippen LogP contribution in [0, 0.1) is 5.41 Å². The van der Waals surface area contributed by atoms with Crippen molar-refractivity contribution in [3.63, 3.8) is 0 Å². The normalized spacial score (nSPS) is 16.3. The summed E-state index contributed by atoms with van der Waals surface area (Å²) in [7, 11) is 4.67. The van der Waals surface area contributed by atoms with Crippen molar-refractivity contribution in [2.24, 2.45) is 11.1 Å². The summed E-state index contributed by atoms with van der Waals surface area (Å²) >= 11 is 0. The Labute approximate surface area is 143 Å². The van der Waals surface area contributed by atoms with Crippen LogP contribution < -0.4 is 25.3 Å². The van der Waals surface area contributed by atoms with Gasteiger partial charge in [0.05, 0.1) is 27.0 Å². The van der Waals surface area contributed by atoms with Crippen LogP contribution in [0.1, 0.15) is 38.5 Å². The molecule has 24 heavy (non-hydrogen) atoms. The Morgan fingerprint density at radius 2 is 1.62 bits per heavy atom. The first-order valence-corrected chi connectivity index (χ1v) is 8.37. The van der Waals surface area contributed by atoms with Gasteiger partial charge < -0.3 is 25.3 Å². The van der Waals surface area contributed by atoms with Gasteiger partial charge in [0.1, 0.15) is 5.75 Å². The van der Waals surface area contributed by atoms with Crippen molar-refractivity contribution in [2.45, 2.75) is 38.5 Å². The summed E-state index contributed by atoms with van der Waals surface area (Å²) in [5.74, 6) is 1.58. The van der Waals surface area contributed by atoms with E-state index in [-0.39, 0.29) is 11.3 Å². The number of carbonyl (C=O) groups excluding carboxylic acids is 1. The highest BCUT2D eigenvalue weighted by atomic mass is 16.5. The predicted octanol–water partition coefficient (Wildman–Crippen LogP) is 2.95. The summed E-state index contributed by atoms with van der Waals surface area (Å²) in [6.45, 7) is 0.545. The first-order chi connectivity index (χ1) is 11.6. The molecule has 0 radical (unpaired) electrons. The molecule has 2 rings (SSSR count). The minimum atomic E-state index is -0.0773. The molecule has 1 saturated carbocycles. The number of amides is 1. The van der Waals surface area contributed by atoms with Crippen molar-refractivity contribution >= 4 is 11.6 Å². The molecule has 1 amide bonds. The lowest BCUT2D eigenvalue weighted by atomic mass is 9.71. The van der Waals surface area contributed by atoms with Crippen LogP contribution in [-0.2, 0) is 4.79 Å². The van der Waals surface area contributed by atoms with Crippen LogP contribution in [0.4, 0.5) is 5.69 Å². The monoisotopic (exact) mass is 336 g/mol. The van der Waals surface area contributed by atoms with E-state index in [0.29, 0.717) is 35.9 Å². The lowest BCUT2D eigenvalue weighted by molar-refractivity contribution is -0.118. The topological polar surface area (TPSA) is 82.8 Å². The lowest BCUT2D eigenvalue weighted by Crippen LogP contribution is -2.36. The summed E-state index contributed by atoms with van der Waals surface area (Å²) in [4.78, 5) is 12.6. The highest BCUT2D eigenvalue weighted by molar-refractivity contribution is 5.93. The predicted molar refractivity (Wildman–Crippen MR) is 93.9 cm³/mol. The molecule has 0 unspecified atom stereocenters. The molecule has 6 heteroatoms. The fourth-order valence-electron chi connectivity index (χ4n) is 3.42. The summed E-state index contributed by atoms with van der Waals surface area (Å²) in [6.07, 6.45) is 5.97. The third kappa shape index (κ3) is 4.12. The van der Waals surface area contributed by atoms with E-state index in [1.54, 1.807) is 33.5 Å². The van der Waals surface area contributed by atoms with Gasteiger partial charge in [-0.05, 0) is 24.8 Å². The van der Waals surface area contributed by atoms with E-state index < -0.39 is 0 Å². The number of ether oxygens (including phenoxy) is 3. The molecular weight excluding hydrogens is 308 g/mol. The molecule has 134 valence electrons. The first-order valence-electron chi connectivity index (χ1n) is 8.37. The number of hydrogen-bond acceptors (Lipinski definition) is 5. The van der Waals surface area contributed by atoms with Gasteiger partial charge in [-0.25, -0.2) is 0 Å². The number of benzene rings is 1. The van der Waals surface area contributed by atoms with Crippen molar-refractivity contribution in [3.05, 3.63) is 12.1 Å². The van der Waals surface area contributed by atoms with Gasteiger partial charge in [-0.3, -0.25) is 4.79 Å². The van der Waals surface area contributed by atoms with E-state index in [1.807, 2.05) is 0 Å². The Bertz CT molecular complexity index is 568. The summed E-state index contributed by atoms with van der Waals surface area (Å²) in [5, 5.41) is 2.94. The Morgan fingerprint density at radius 3 is 2.17 bits per heavy atom. The summed E-state index contributed by atoms with van der Waals surface area (Å²) in [5.41, 5.74) is 6.47. The van der Waals surface area contributed by atoms with E-state index in [9.17, 15) is 4.79 Å². The molecule has 1 aromatic carbocycles. The van der Waals surface area contributed by atoms with Gasteiger partial charge in [-0.2, -0.15) is 0 Å². The average Bonchev–Trinajstić information content (AvgIpc) is 2.61. The Kier molecular flexibility index (Phi) is 6.31. The van der Waals surface area contributed by atoms with Crippen molar-refractivity contribution in [1.29, 1.82) is 0 Å². The number of methoxy groups -OCH3 is 3. The summed E-state index contributed by atoms with van der Waals surface area (Å²) < 4.78 is 15.9. The fourth-order valence-corrected chi connectivity index (χ4v) is 3.42. The molecule has 0 spiro atoms. The number of hydrogen-bond donors (Lipinski definition) is 2. The van der Waals surface area contributed by atoms with Gasteiger partial charge in [0.2, 0.25) is 5.91 Å². The van der Waals surface area contributed by atoms with Gasteiger partial charge in [-0.1, -0.05) is 19.3 Å². The molecule has 0 bridgehead atoms. The van der Waals surface area contributed by atoms with Crippen molar-refractivity contribution in [3.8, 4) is 17.2 Å². The van der Waals surface area contributed by atoms with Crippen molar-refractivity contribution < 1.29 is 19.0 Å². The second-order valence-electron chi connectivity index (χ2n) is 6.40. The molecule has 1 aliphatic rings. The van der Waals surface area contributed by atoms with E-state index >= 15 is 0 Å². The number of rotatable bonds is 7. The van der Waals surface area contributed by atoms with Gasteiger partial charge in [-0.15, -0.1) is 0 Å². The number of anilines is 1. The zero-order valence-corrected chi connectivity index (χ0v) is 14.8. The van der Waals surface area contributed by atoms with Crippen molar-refractivity contribution in [2.75, 3.05) is 33.2 Å². The highest BCUT2D eigenvalue weighted by Gasteiger charge is 2.33. The smallest absolute Gasteiger partial charge is 0.225 e. The molecule has 0 aromatic heterocycles. The highest BCUT2D eigenvalue weighted by Crippen LogP contribution is 2.40. The maximum absolute atomic E-state index is 12.6. The maximum Gasteiger partial charge on any atom is 0.225 e. The Hall–Kier alpha value is -1.95. The molecular formula is C18H28N2O4. The third-order valence-corrected chi connectivity index (χ3v) is 4.86. The first kappa shape index (κ1) is 18.4. The van der Waals surface area contributed by atoms with Crippen LogP contribution in [0.3, 0.4) is 0 Å². The molecule has 1 fully saturated rings. The molecule has 0 atom stereocenters. The van der Waals surface area contributed by atoms with Crippen LogP contribution in [-0.4, -0.2) is 33.8 Å². The van der Waals surface area contributed by atoms with Gasteiger partial charge in [0.15, 0.2) is 11.5 Å². The zero-order valence-electron chi connectivity index (χ0n) is 14.8. The molecule has 6 nitrogen and oxygen atoms in total. The second-order valence-corrected chi connectivity index (χ2v) is 6.40. The van der Waals surface area contributed by atoms with Crippen LogP contribution in [0.2, 0.25) is 0 Å². The fraction of sp³-hybridized carbons (Fsp3) is 0.611. The van der Waals surface area contributed by atoms with E-state index in [1.165, 1.54) is 6.42 Å². The summed E-state index contributed by atoms with van der Waals surface area (Å²) in [6, 6.07) is 3.42. The average molecular weight is 336 g/mol. The maximum atomic E-state index is 12.6. The lowest BCUT2D eigenvalue weighted by Gasteiger charge is -2.35. The molecule has 1 aliphatic carbocycles. The Balaban J connectivity index is 2.15. The molecule has 0 saturated heterocycles. The van der Waals surface area contributed by atoms with E-state index in [4.69, 9.17) is 19.9 Å². The van der Waals surface area contributed by atoms with Gasteiger partial charge >= 0.3 is 0 Å². The van der Waals surface area contributed by atoms with Gasteiger partial charge in [0, 0.05) is 18.6 Å². The Morgan fingerprint density at radius 1 is 1.04 bits per heavy atom. The van der Waals surface area contributed by atoms with Crippen molar-refractivity contribution in [1.82, 2.24) is 0 Å².